The maximum Gasteiger partial charge on any atom is 0.317 e. The van der Waals surface area contributed by atoms with Crippen molar-refractivity contribution in [3.63, 3.8) is 0 Å². The first-order valence-electron chi connectivity index (χ1n) is 9.41. The van der Waals surface area contributed by atoms with Crippen LogP contribution >= 0.6 is 0 Å². The predicted octanol–water partition coefficient (Wildman–Crippen LogP) is 2.83. The molecule has 1 aromatic rings. The highest BCUT2D eigenvalue weighted by molar-refractivity contribution is 5.73. The molecule has 0 bridgehead atoms. The van der Waals surface area contributed by atoms with Gasteiger partial charge in [-0.3, -0.25) is 4.90 Å². The summed E-state index contributed by atoms with van der Waals surface area (Å²) in [5.74, 6) is 0.800. The second-order valence-corrected chi connectivity index (χ2v) is 7.52. The second-order valence-electron chi connectivity index (χ2n) is 7.52. The quantitative estimate of drug-likeness (QED) is 0.797. The molecule has 2 unspecified atom stereocenters. The van der Waals surface area contributed by atoms with Crippen LogP contribution in [0.1, 0.15) is 44.2 Å². The fourth-order valence-electron chi connectivity index (χ4n) is 3.25. The van der Waals surface area contributed by atoms with Gasteiger partial charge in [0.1, 0.15) is 0 Å². The molecule has 2 rings (SSSR count). The van der Waals surface area contributed by atoms with Crippen LogP contribution in [0.3, 0.4) is 0 Å². The van der Waals surface area contributed by atoms with Gasteiger partial charge in [0, 0.05) is 33.2 Å². The second kappa shape index (κ2) is 9.78. The van der Waals surface area contributed by atoms with Crippen molar-refractivity contribution in [2.24, 2.45) is 5.92 Å². The van der Waals surface area contributed by atoms with E-state index >= 15 is 0 Å². The molecule has 2 atom stereocenters. The molecule has 5 heteroatoms. The standard InChI is InChI=1S/C20H33N3O2/c1-16-5-4-11-23(14-16)15-19-8-6-18(7-9-19)13-21-20(25)22(3)12-10-17(2)24/h6-9,16-17,24H,4-5,10-15H2,1-3H3,(H,21,25). The van der Waals surface area contributed by atoms with E-state index in [1.54, 1.807) is 18.9 Å². The van der Waals surface area contributed by atoms with Gasteiger partial charge in [-0.15, -0.1) is 0 Å². The molecule has 140 valence electrons. The van der Waals surface area contributed by atoms with E-state index in [1.165, 1.54) is 31.5 Å². The van der Waals surface area contributed by atoms with Gasteiger partial charge in [0.2, 0.25) is 0 Å². The Kier molecular flexibility index (Phi) is 7.72. The number of aliphatic hydroxyl groups excluding tert-OH is 1. The Labute approximate surface area is 152 Å². The first-order valence-corrected chi connectivity index (χ1v) is 9.41. The van der Waals surface area contributed by atoms with Gasteiger partial charge in [-0.25, -0.2) is 4.79 Å². The van der Waals surface area contributed by atoms with E-state index in [1.807, 2.05) is 0 Å². The molecule has 0 radical (unpaired) electrons. The van der Waals surface area contributed by atoms with Crippen LogP contribution in [-0.2, 0) is 13.1 Å². The van der Waals surface area contributed by atoms with E-state index in [2.05, 4.69) is 41.4 Å². The average molecular weight is 348 g/mol. The summed E-state index contributed by atoms with van der Waals surface area (Å²) in [6.07, 6.45) is 2.85. The van der Waals surface area contributed by atoms with Crippen molar-refractivity contribution in [3.05, 3.63) is 35.4 Å². The summed E-state index contributed by atoms with van der Waals surface area (Å²) in [6.45, 7) is 8.54. The van der Waals surface area contributed by atoms with Crippen LogP contribution in [0.2, 0.25) is 0 Å². The molecule has 1 aliphatic heterocycles. The Morgan fingerprint density at radius 1 is 1.36 bits per heavy atom. The lowest BCUT2D eigenvalue weighted by atomic mass is 9.99. The molecule has 0 aliphatic carbocycles. The number of aliphatic hydroxyl groups is 1. The molecule has 0 aromatic heterocycles. The van der Waals surface area contributed by atoms with Gasteiger partial charge < -0.3 is 15.3 Å². The molecular formula is C20H33N3O2. The minimum Gasteiger partial charge on any atom is -0.393 e. The fraction of sp³-hybridized carbons (Fsp3) is 0.650. The number of nitrogens with zero attached hydrogens (tertiary/aromatic N) is 2. The van der Waals surface area contributed by atoms with Crippen LogP contribution in [0.4, 0.5) is 4.79 Å². The summed E-state index contributed by atoms with van der Waals surface area (Å²) in [6, 6.07) is 8.42. The molecule has 0 saturated carbocycles. The van der Waals surface area contributed by atoms with Crippen molar-refractivity contribution in [3.8, 4) is 0 Å². The molecule has 1 saturated heterocycles. The molecule has 2 N–H and O–H groups in total. The van der Waals surface area contributed by atoms with Crippen LogP contribution < -0.4 is 5.32 Å². The Morgan fingerprint density at radius 2 is 2.04 bits per heavy atom. The zero-order valence-electron chi connectivity index (χ0n) is 15.9. The summed E-state index contributed by atoms with van der Waals surface area (Å²) >= 11 is 0. The van der Waals surface area contributed by atoms with Gasteiger partial charge in [-0.1, -0.05) is 31.2 Å². The number of likely N-dealkylation sites (tertiary alicyclic amines) is 1. The SMILES string of the molecule is CC(O)CCN(C)C(=O)NCc1ccc(CN2CCCC(C)C2)cc1. The Bertz CT molecular complexity index is 530. The normalized spacial score (nSPS) is 19.4. The molecule has 5 nitrogen and oxygen atoms in total. The number of piperidine rings is 1. The van der Waals surface area contributed by atoms with E-state index in [0.29, 0.717) is 19.5 Å². The zero-order valence-corrected chi connectivity index (χ0v) is 15.9. The highest BCUT2D eigenvalue weighted by Crippen LogP contribution is 2.18. The van der Waals surface area contributed by atoms with Gasteiger partial charge in [0.25, 0.3) is 0 Å². The molecule has 0 spiro atoms. The highest BCUT2D eigenvalue weighted by atomic mass is 16.3. The number of hydrogen-bond donors (Lipinski definition) is 2. The average Bonchev–Trinajstić information content (AvgIpc) is 2.58. The number of benzene rings is 1. The number of rotatable bonds is 7. The van der Waals surface area contributed by atoms with Gasteiger partial charge in [0.15, 0.2) is 0 Å². The summed E-state index contributed by atoms with van der Waals surface area (Å²) in [5.41, 5.74) is 2.44. The molecule has 25 heavy (non-hydrogen) atoms. The smallest absolute Gasteiger partial charge is 0.317 e. The molecule has 2 amide bonds. The van der Waals surface area contributed by atoms with E-state index in [-0.39, 0.29) is 12.1 Å². The van der Waals surface area contributed by atoms with Crippen molar-refractivity contribution in [2.75, 3.05) is 26.7 Å². The van der Waals surface area contributed by atoms with E-state index < -0.39 is 0 Å². The number of nitrogens with one attached hydrogen (secondary N) is 1. The third kappa shape index (κ3) is 7.04. The number of amides is 2. The third-order valence-corrected chi connectivity index (χ3v) is 4.84. The highest BCUT2D eigenvalue weighted by Gasteiger charge is 2.16. The lowest BCUT2D eigenvalue weighted by Gasteiger charge is -2.30. The number of carbonyl (C=O) groups is 1. The Morgan fingerprint density at radius 3 is 2.68 bits per heavy atom. The van der Waals surface area contributed by atoms with E-state index in [4.69, 9.17) is 0 Å². The van der Waals surface area contributed by atoms with Crippen molar-refractivity contribution in [2.45, 2.75) is 52.3 Å². The number of hydrogen-bond acceptors (Lipinski definition) is 3. The third-order valence-electron chi connectivity index (χ3n) is 4.84. The van der Waals surface area contributed by atoms with E-state index in [9.17, 15) is 9.90 Å². The topological polar surface area (TPSA) is 55.8 Å². The van der Waals surface area contributed by atoms with Crippen molar-refractivity contribution < 1.29 is 9.90 Å². The monoisotopic (exact) mass is 347 g/mol. The lowest BCUT2D eigenvalue weighted by Crippen LogP contribution is -2.38. The molecule has 1 aliphatic rings. The maximum atomic E-state index is 12.0. The van der Waals surface area contributed by atoms with Crippen LogP contribution in [0.5, 0.6) is 0 Å². The molecular weight excluding hydrogens is 314 g/mol. The fourth-order valence-corrected chi connectivity index (χ4v) is 3.25. The largest absolute Gasteiger partial charge is 0.393 e. The van der Waals surface area contributed by atoms with Crippen molar-refractivity contribution >= 4 is 6.03 Å². The van der Waals surface area contributed by atoms with Gasteiger partial charge in [0.05, 0.1) is 6.10 Å². The number of urea groups is 1. The van der Waals surface area contributed by atoms with Crippen LogP contribution in [-0.4, -0.2) is 53.7 Å². The van der Waals surface area contributed by atoms with Gasteiger partial charge in [-0.05, 0) is 49.8 Å². The summed E-state index contributed by atoms with van der Waals surface area (Å²) in [4.78, 5) is 16.2. The van der Waals surface area contributed by atoms with Crippen molar-refractivity contribution in [1.82, 2.24) is 15.1 Å². The minimum atomic E-state index is -0.384. The van der Waals surface area contributed by atoms with E-state index in [0.717, 1.165) is 18.0 Å². The summed E-state index contributed by atoms with van der Waals surface area (Å²) < 4.78 is 0. The van der Waals surface area contributed by atoms with Gasteiger partial charge >= 0.3 is 6.03 Å². The van der Waals surface area contributed by atoms with Crippen LogP contribution in [0.25, 0.3) is 0 Å². The molecule has 1 fully saturated rings. The predicted molar refractivity (Wildman–Crippen MR) is 101 cm³/mol. The van der Waals surface area contributed by atoms with Gasteiger partial charge in [-0.2, -0.15) is 0 Å². The Hall–Kier alpha value is -1.59. The first-order chi connectivity index (χ1) is 11.9. The molecule has 1 aromatic carbocycles. The minimum absolute atomic E-state index is 0.105. The molecule has 1 heterocycles. The van der Waals surface area contributed by atoms with Crippen molar-refractivity contribution in [1.29, 1.82) is 0 Å². The summed E-state index contributed by atoms with van der Waals surface area (Å²) in [7, 11) is 1.75. The zero-order chi connectivity index (χ0) is 18.2. The Balaban J connectivity index is 1.75. The number of carbonyl (C=O) groups excluding carboxylic acids is 1. The first kappa shape index (κ1) is 19.7. The van der Waals surface area contributed by atoms with Crippen LogP contribution in [0, 0.1) is 5.92 Å². The summed E-state index contributed by atoms with van der Waals surface area (Å²) in [5, 5.41) is 12.2. The lowest BCUT2D eigenvalue weighted by molar-refractivity contribution is 0.163. The van der Waals surface area contributed by atoms with Crippen LogP contribution in [0.15, 0.2) is 24.3 Å². The maximum absolute atomic E-state index is 12.0.